The van der Waals surface area contributed by atoms with Crippen LogP contribution in [0, 0.1) is 10.1 Å². The Hall–Kier alpha value is -2.93. The molecule has 0 bridgehead atoms. The van der Waals surface area contributed by atoms with E-state index < -0.39 is 4.92 Å². The van der Waals surface area contributed by atoms with E-state index in [1.165, 1.54) is 12.1 Å². The second kappa shape index (κ2) is 7.97. The van der Waals surface area contributed by atoms with Crippen molar-refractivity contribution in [3.63, 3.8) is 0 Å². The Kier molecular flexibility index (Phi) is 5.48. The van der Waals surface area contributed by atoms with Crippen LogP contribution in [0.25, 0.3) is 0 Å². The number of nitrogens with zero attached hydrogens (tertiary/aromatic N) is 3. The minimum Gasteiger partial charge on any atom is -0.378 e. The van der Waals surface area contributed by atoms with Gasteiger partial charge in [-0.05, 0) is 11.6 Å². The molecule has 2 aromatic rings. The first-order valence-electron chi connectivity index (χ1n) is 8.47. The third-order valence-electron chi connectivity index (χ3n) is 4.38. The molecule has 7 heteroatoms. The first kappa shape index (κ1) is 17.9. The Labute approximate surface area is 151 Å². The van der Waals surface area contributed by atoms with Gasteiger partial charge in [-0.15, -0.1) is 0 Å². The lowest BCUT2D eigenvalue weighted by Crippen LogP contribution is -2.38. The molecule has 1 amide bonds. The standard InChI is InChI=1S/C19H21N3O4/c1-20(14-15-5-3-2-4-6-15)19(23)17-13-16(22(24)25)7-8-18(17)21-9-11-26-12-10-21/h2-8,13H,9-12,14H2,1H3. The number of hydrogen-bond acceptors (Lipinski definition) is 5. The molecule has 136 valence electrons. The molecule has 0 spiro atoms. The zero-order valence-electron chi connectivity index (χ0n) is 14.6. The van der Waals surface area contributed by atoms with Crippen LogP contribution in [0.5, 0.6) is 0 Å². The predicted octanol–water partition coefficient (Wildman–Crippen LogP) is 2.70. The number of nitro groups is 1. The van der Waals surface area contributed by atoms with E-state index in [1.54, 1.807) is 18.0 Å². The molecule has 1 fully saturated rings. The number of rotatable bonds is 5. The highest BCUT2D eigenvalue weighted by Crippen LogP contribution is 2.27. The van der Waals surface area contributed by atoms with Gasteiger partial charge in [-0.1, -0.05) is 30.3 Å². The molecule has 0 radical (unpaired) electrons. The van der Waals surface area contributed by atoms with E-state index >= 15 is 0 Å². The number of nitro benzene ring substituents is 1. The number of amides is 1. The lowest BCUT2D eigenvalue weighted by atomic mass is 10.1. The summed E-state index contributed by atoms with van der Waals surface area (Å²) in [7, 11) is 1.71. The molecule has 26 heavy (non-hydrogen) atoms. The molecule has 0 unspecified atom stereocenters. The fourth-order valence-corrected chi connectivity index (χ4v) is 3.02. The summed E-state index contributed by atoms with van der Waals surface area (Å²) in [6, 6.07) is 14.1. The molecule has 1 saturated heterocycles. The van der Waals surface area contributed by atoms with Gasteiger partial charge in [0.15, 0.2) is 0 Å². The topological polar surface area (TPSA) is 75.9 Å². The number of hydrogen-bond donors (Lipinski definition) is 0. The minimum absolute atomic E-state index is 0.0847. The summed E-state index contributed by atoms with van der Waals surface area (Å²) in [5.74, 6) is -0.237. The molecular weight excluding hydrogens is 334 g/mol. The summed E-state index contributed by atoms with van der Waals surface area (Å²) >= 11 is 0. The quantitative estimate of drug-likeness (QED) is 0.609. The average molecular weight is 355 g/mol. The SMILES string of the molecule is CN(Cc1ccccc1)C(=O)c1cc([N+](=O)[O-])ccc1N1CCOCC1. The predicted molar refractivity (Wildman–Crippen MR) is 98.4 cm³/mol. The lowest BCUT2D eigenvalue weighted by Gasteiger charge is -2.31. The van der Waals surface area contributed by atoms with Crippen LogP contribution in [0.1, 0.15) is 15.9 Å². The maximum absolute atomic E-state index is 13.0. The van der Waals surface area contributed by atoms with Crippen LogP contribution < -0.4 is 4.90 Å². The smallest absolute Gasteiger partial charge is 0.270 e. The van der Waals surface area contributed by atoms with Crippen LogP contribution in [0.4, 0.5) is 11.4 Å². The second-order valence-electron chi connectivity index (χ2n) is 6.20. The lowest BCUT2D eigenvalue weighted by molar-refractivity contribution is -0.384. The molecule has 7 nitrogen and oxygen atoms in total. The van der Waals surface area contributed by atoms with Crippen molar-refractivity contribution in [2.45, 2.75) is 6.54 Å². The summed E-state index contributed by atoms with van der Waals surface area (Å²) in [6.07, 6.45) is 0. The Balaban J connectivity index is 1.90. The molecule has 1 aliphatic heterocycles. The number of ether oxygens (including phenoxy) is 1. The van der Waals surface area contributed by atoms with E-state index in [9.17, 15) is 14.9 Å². The highest BCUT2D eigenvalue weighted by atomic mass is 16.6. The molecule has 0 saturated carbocycles. The zero-order valence-corrected chi connectivity index (χ0v) is 14.6. The largest absolute Gasteiger partial charge is 0.378 e. The van der Waals surface area contributed by atoms with Gasteiger partial charge in [0.25, 0.3) is 11.6 Å². The van der Waals surface area contributed by atoms with E-state index in [4.69, 9.17) is 4.74 Å². The van der Waals surface area contributed by atoms with E-state index in [1.807, 2.05) is 35.2 Å². The molecule has 3 rings (SSSR count). The number of benzene rings is 2. The van der Waals surface area contributed by atoms with Crippen molar-refractivity contribution in [1.29, 1.82) is 0 Å². The van der Waals surface area contributed by atoms with Crippen LogP contribution in [0.3, 0.4) is 0 Å². The van der Waals surface area contributed by atoms with Gasteiger partial charge >= 0.3 is 0 Å². The molecule has 1 aliphatic rings. The molecule has 0 atom stereocenters. The molecule has 1 heterocycles. The van der Waals surface area contributed by atoms with Crippen LogP contribution in [-0.2, 0) is 11.3 Å². The molecule has 2 aromatic carbocycles. The van der Waals surface area contributed by atoms with E-state index in [0.29, 0.717) is 44.1 Å². The second-order valence-corrected chi connectivity index (χ2v) is 6.20. The summed E-state index contributed by atoms with van der Waals surface area (Å²) in [5.41, 5.74) is 1.98. The van der Waals surface area contributed by atoms with Crippen LogP contribution >= 0.6 is 0 Å². The fraction of sp³-hybridized carbons (Fsp3) is 0.316. The number of carbonyl (C=O) groups excluding carboxylic acids is 1. The van der Waals surface area contributed by atoms with Crippen molar-refractivity contribution in [2.75, 3.05) is 38.3 Å². The zero-order chi connectivity index (χ0) is 18.5. The minimum atomic E-state index is -0.475. The van der Waals surface area contributed by atoms with Gasteiger partial charge in [0.05, 0.1) is 29.4 Å². The van der Waals surface area contributed by atoms with E-state index in [2.05, 4.69) is 0 Å². The van der Waals surface area contributed by atoms with Crippen LogP contribution in [-0.4, -0.2) is 49.1 Å². The highest BCUT2D eigenvalue weighted by molar-refractivity contribution is 6.00. The van der Waals surface area contributed by atoms with Crippen molar-refractivity contribution >= 4 is 17.3 Å². The van der Waals surface area contributed by atoms with Crippen molar-refractivity contribution in [1.82, 2.24) is 4.90 Å². The van der Waals surface area contributed by atoms with Crippen molar-refractivity contribution < 1.29 is 14.5 Å². The first-order valence-corrected chi connectivity index (χ1v) is 8.47. The fourth-order valence-electron chi connectivity index (χ4n) is 3.02. The summed E-state index contributed by atoms with van der Waals surface area (Å²) < 4.78 is 5.36. The Morgan fingerprint density at radius 1 is 1.19 bits per heavy atom. The maximum Gasteiger partial charge on any atom is 0.270 e. The van der Waals surface area contributed by atoms with E-state index in [0.717, 1.165) is 5.56 Å². The monoisotopic (exact) mass is 355 g/mol. The number of carbonyl (C=O) groups is 1. The number of non-ortho nitro benzene ring substituents is 1. The normalized spacial score (nSPS) is 14.1. The summed E-state index contributed by atoms with van der Waals surface area (Å²) in [5, 5.41) is 11.2. The molecule has 0 N–H and O–H groups in total. The Bertz CT molecular complexity index is 789. The van der Waals surface area contributed by atoms with Gasteiger partial charge in [-0.3, -0.25) is 14.9 Å². The first-order chi connectivity index (χ1) is 12.6. The van der Waals surface area contributed by atoms with Crippen LogP contribution in [0.2, 0.25) is 0 Å². The molecule has 0 aromatic heterocycles. The van der Waals surface area contributed by atoms with E-state index in [-0.39, 0.29) is 11.6 Å². The maximum atomic E-state index is 13.0. The van der Waals surface area contributed by atoms with Crippen LogP contribution in [0.15, 0.2) is 48.5 Å². The van der Waals surface area contributed by atoms with Crippen molar-refractivity contribution in [3.8, 4) is 0 Å². The van der Waals surface area contributed by atoms with Gasteiger partial charge in [-0.25, -0.2) is 0 Å². The molecule has 0 aliphatic carbocycles. The number of morpholine rings is 1. The Morgan fingerprint density at radius 2 is 1.88 bits per heavy atom. The van der Waals surface area contributed by atoms with Gasteiger partial charge < -0.3 is 14.5 Å². The Morgan fingerprint density at radius 3 is 2.54 bits per heavy atom. The third-order valence-corrected chi connectivity index (χ3v) is 4.38. The van der Waals surface area contributed by atoms with Crippen molar-refractivity contribution in [3.05, 3.63) is 69.8 Å². The van der Waals surface area contributed by atoms with Crippen molar-refractivity contribution in [2.24, 2.45) is 0 Å². The third kappa shape index (κ3) is 4.00. The van der Waals surface area contributed by atoms with Gasteiger partial charge in [-0.2, -0.15) is 0 Å². The highest BCUT2D eigenvalue weighted by Gasteiger charge is 2.24. The summed E-state index contributed by atoms with van der Waals surface area (Å²) in [6.45, 7) is 2.89. The van der Waals surface area contributed by atoms with Gasteiger partial charge in [0.1, 0.15) is 0 Å². The summed E-state index contributed by atoms with van der Waals surface area (Å²) in [4.78, 5) is 27.3. The molecular formula is C19H21N3O4. The van der Waals surface area contributed by atoms with Gasteiger partial charge in [0.2, 0.25) is 0 Å². The van der Waals surface area contributed by atoms with Gasteiger partial charge in [0, 0.05) is 38.8 Å². The average Bonchev–Trinajstić information content (AvgIpc) is 2.68. The number of anilines is 1.